The minimum atomic E-state index is -0.950. The van der Waals surface area contributed by atoms with Crippen LogP contribution in [0.4, 0.5) is 0 Å². The van der Waals surface area contributed by atoms with Crippen molar-refractivity contribution in [3.63, 3.8) is 0 Å². The van der Waals surface area contributed by atoms with Gasteiger partial charge in [-0.15, -0.1) is 0 Å². The highest BCUT2D eigenvalue weighted by atomic mass is 16.5. The van der Waals surface area contributed by atoms with Gasteiger partial charge in [-0.3, -0.25) is 4.79 Å². The van der Waals surface area contributed by atoms with Crippen molar-refractivity contribution in [3.05, 3.63) is 65.2 Å². The predicted molar refractivity (Wildman–Crippen MR) is 100 cm³/mol. The van der Waals surface area contributed by atoms with Crippen molar-refractivity contribution in [3.8, 4) is 5.75 Å². The van der Waals surface area contributed by atoms with Gasteiger partial charge in [0.1, 0.15) is 5.75 Å². The summed E-state index contributed by atoms with van der Waals surface area (Å²) in [5.41, 5.74) is 2.23. The third kappa shape index (κ3) is 5.34. The molecule has 138 valence electrons. The molecular weight excluding hydrogens is 330 g/mol. The number of hydrogen-bond donors (Lipinski definition) is 2. The monoisotopic (exact) mass is 355 g/mol. The molecule has 1 amide bonds. The molecule has 0 aliphatic rings. The van der Waals surface area contributed by atoms with E-state index in [1.165, 1.54) is 0 Å². The minimum Gasteiger partial charge on any atom is -0.497 e. The van der Waals surface area contributed by atoms with E-state index < -0.39 is 5.97 Å². The maximum Gasteiger partial charge on any atom is 0.335 e. The zero-order valence-corrected chi connectivity index (χ0v) is 15.4. The lowest BCUT2D eigenvalue weighted by Crippen LogP contribution is -2.31. The average molecular weight is 355 g/mol. The van der Waals surface area contributed by atoms with Crippen LogP contribution in [0.5, 0.6) is 5.75 Å². The second kappa shape index (κ2) is 9.04. The zero-order valence-electron chi connectivity index (χ0n) is 15.4. The molecule has 1 unspecified atom stereocenters. The second-order valence-corrected chi connectivity index (χ2v) is 6.56. The first-order valence-electron chi connectivity index (χ1n) is 8.66. The zero-order chi connectivity index (χ0) is 19.1. The Morgan fingerprint density at radius 2 is 1.65 bits per heavy atom. The number of aromatic carboxylic acids is 1. The standard InChI is InChI=1S/C21H25NO4/c1-14(2)20(16-9-11-18(26-3)12-10-16)22-19(23)13-6-15-4-7-17(8-5-15)21(24)25/h4-5,7-12,14,20H,6,13H2,1-3H3,(H,22,23)(H,24,25). The van der Waals surface area contributed by atoms with Gasteiger partial charge in [-0.2, -0.15) is 0 Å². The Hall–Kier alpha value is -2.82. The number of carbonyl (C=O) groups excluding carboxylic acids is 1. The number of carbonyl (C=O) groups is 2. The number of ether oxygens (including phenoxy) is 1. The van der Waals surface area contributed by atoms with Crippen LogP contribution in [0.15, 0.2) is 48.5 Å². The van der Waals surface area contributed by atoms with Gasteiger partial charge in [0.2, 0.25) is 5.91 Å². The van der Waals surface area contributed by atoms with Crippen LogP contribution in [0.1, 0.15) is 47.8 Å². The van der Waals surface area contributed by atoms with Gasteiger partial charge < -0.3 is 15.2 Å². The van der Waals surface area contributed by atoms with Crippen molar-refractivity contribution >= 4 is 11.9 Å². The number of rotatable bonds is 8. The predicted octanol–water partition coefficient (Wildman–Crippen LogP) is 3.84. The smallest absolute Gasteiger partial charge is 0.335 e. The Kier molecular flexibility index (Phi) is 6.78. The topological polar surface area (TPSA) is 75.6 Å². The fourth-order valence-electron chi connectivity index (χ4n) is 2.76. The van der Waals surface area contributed by atoms with Crippen molar-refractivity contribution < 1.29 is 19.4 Å². The van der Waals surface area contributed by atoms with E-state index in [4.69, 9.17) is 9.84 Å². The first kappa shape index (κ1) is 19.5. The van der Waals surface area contributed by atoms with Crippen LogP contribution in [0, 0.1) is 5.92 Å². The van der Waals surface area contributed by atoms with E-state index in [1.54, 1.807) is 31.4 Å². The van der Waals surface area contributed by atoms with Crippen LogP contribution in [-0.2, 0) is 11.2 Å². The van der Waals surface area contributed by atoms with Crippen molar-refractivity contribution in [2.24, 2.45) is 5.92 Å². The highest BCUT2D eigenvalue weighted by Crippen LogP contribution is 2.24. The molecule has 2 aromatic rings. The Balaban J connectivity index is 1.95. The van der Waals surface area contributed by atoms with E-state index >= 15 is 0 Å². The third-order valence-corrected chi connectivity index (χ3v) is 4.30. The molecule has 0 saturated carbocycles. The SMILES string of the molecule is COc1ccc(C(NC(=O)CCc2ccc(C(=O)O)cc2)C(C)C)cc1. The van der Waals surface area contributed by atoms with Gasteiger partial charge in [-0.25, -0.2) is 4.79 Å². The Morgan fingerprint density at radius 3 is 2.15 bits per heavy atom. The quantitative estimate of drug-likeness (QED) is 0.754. The molecule has 2 rings (SSSR count). The fraction of sp³-hybridized carbons (Fsp3) is 0.333. The molecule has 0 saturated heterocycles. The summed E-state index contributed by atoms with van der Waals surface area (Å²) in [6.07, 6.45) is 0.922. The molecule has 0 bridgehead atoms. The van der Waals surface area contributed by atoms with Crippen LogP contribution in [-0.4, -0.2) is 24.1 Å². The van der Waals surface area contributed by atoms with Gasteiger partial charge in [0.15, 0.2) is 0 Å². The summed E-state index contributed by atoms with van der Waals surface area (Å²) >= 11 is 0. The van der Waals surface area contributed by atoms with E-state index in [-0.39, 0.29) is 23.4 Å². The Labute approximate surface area is 154 Å². The first-order valence-corrected chi connectivity index (χ1v) is 8.66. The molecule has 0 aliphatic carbocycles. The molecule has 1 atom stereocenters. The van der Waals surface area contributed by atoms with Gasteiger partial charge in [-0.05, 0) is 47.7 Å². The van der Waals surface area contributed by atoms with Gasteiger partial charge in [0.25, 0.3) is 0 Å². The number of amides is 1. The molecule has 0 heterocycles. The summed E-state index contributed by atoms with van der Waals surface area (Å²) in [7, 11) is 1.62. The van der Waals surface area contributed by atoms with E-state index in [9.17, 15) is 9.59 Å². The lowest BCUT2D eigenvalue weighted by atomic mass is 9.95. The normalized spacial score (nSPS) is 11.8. The molecular formula is C21H25NO4. The third-order valence-electron chi connectivity index (χ3n) is 4.30. The lowest BCUT2D eigenvalue weighted by Gasteiger charge is -2.23. The molecule has 5 heteroatoms. The summed E-state index contributed by atoms with van der Waals surface area (Å²) < 4.78 is 5.18. The maximum absolute atomic E-state index is 12.4. The number of carboxylic acids is 1. The fourth-order valence-corrected chi connectivity index (χ4v) is 2.76. The summed E-state index contributed by atoms with van der Waals surface area (Å²) in [5, 5.41) is 12.0. The summed E-state index contributed by atoms with van der Waals surface area (Å²) in [5.74, 6) is 0.0602. The Bertz CT molecular complexity index is 736. The van der Waals surface area contributed by atoms with Gasteiger partial charge >= 0.3 is 5.97 Å². The number of carboxylic acid groups (broad SMARTS) is 1. The minimum absolute atomic E-state index is 0.0261. The number of nitrogens with one attached hydrogen (secondary N) is 1. The Morgan fingerprint density at radius 1 is 1.04 bits per heavy atom. The molecule has 0 fully saturated rings. The van der Waals surface area contributed by atoms with Crippen molar-refractivity contribution in [2.75, 3.05) is 7.11 Å². The summed E-state index contributed by atoms with van der Waals surface area (Å²) in [4.78, 5) is 23.2. The molecule has 0 spiro atoms. The van der Waals surface area contributed by atoms with Gasteiger partial charge in [0.05, 0.1) is 18.7 Å². The molecule has 5 nitrogen and oxygen atoms in total. The van der Waals surface area contributed by atoms with Crippen molar-refractivity contribution in [1.29, 1.82) is 0 Å². The van der Waals surface area contributed by atoms with Crippen molar-refractivity contribution in [1.82, 2.24) is 5.32 Å². The molecule has 0 radical (unpaired) electrons. The number of benzene rings is 2. The highest BCUT2D eigenvalue weighted by molar-refractivity contribution is 5.87. The first-order chi connectivity index (χ1) is 12.4. The molecule has 0 aliphatic heterocycles. The number of hydrogen-bond acceptors (Lipinski definition) is 3. The van der Waals surface area contributed by atoms with Crippen LogP contribution in [0.25, 0.3) is 0 Å². The lowest BCUT2D eigenvalue weighted by molar-refractivity contribution is -0.122. The number of methoxy groups -OCH3 is 1. The van der Waals surface area contributed by atoms with Crippen molar-refractivity contribution in [2.45, 2.75) is 32.7 Å². The van der Waals surface area contributed by atoms with Gasteiger partial charge in [-0.1, -0.05) is 38.1 Å². The summed E-state index contributed by atoms with van der Waals surface area (Å²) in [6.45, 7) is 4.14. The average Bonchev–Trinajstić information content (AvgIpc) is 2.64. The molecule has 0 aromatic heterocycles. The van der Waals surface area contributed by atoms with E-state index in [2.05, 4.69) is 19.2 Å². The largest absolute Gasteiger partial charge is 0.497 e. The van der Waals surface area contributed by atoms with Crippen LogP contribution >= 0.6 is 0 Å². The van der Waals surface area contributed by atoms with E-state index in [0.29, 0.717) is 12.8 Å². The maximum atomic E-state index is 12.4. The molecule has 2 aromatic carbocycles. The summed E-state index contributed by atoms with van der Waals surface area (Å²) in [6, 6.07) is 14.3. The highest BCUT2D eigenvalue weighted by Gasteiger charge is 2.18. The molecule has 2 N–H and O–H groups in total. The molecule has 26 heavy (non-hydrogen) atoms. The van der Waals surface area contributed by atoms with Crippen LogP contribution in [0.3, 0.4) is 0 Å². The van der Waals surface area contributed by atoms with E-state index in [0.717, 1.165) is 16.9 Å². The number of aryl methyl sites for hydroxylation is 1. The van der Waals surface area contributed by atoms with E-state index in [1.807, 2.05) is 24.3 Å². The van der Waals surface area contributed by atoms with Crippen LogP contribution in [0.2, 0.25) is 0 Å². The van der Waals surface area contributed by atoms with Gasteiger partial charge in [0, 0.05) is 6.42 Å². The van der Waals surface area contributed by atoms with Crippen LogP contribution < -0.4 is 10.1 Å². The second-order valence-electron chi connectivity index (χ2n) is 6.56.